The molecular weight excluding hydrogens is 328 g/mol. The zero-order valence-electron chi connectivity index (χ0n) is 14.6. The zero-order chi connectivity index (χ0) is 17.8. The number of rotatable bonds is 5. The Morgan fingerprint density at radius 2 is 2.04 bits per heavy atom. The van der Waals surface area contributed by atoms with Crippen LogP contribution in [0.3, 0.4) is 0 Å². The van der Waals surface area contributed by atoms with Crippen molar-refractivity contribution in [3.05, 3.63) is 66.3 Å². The van der Waals surface area contributed by atoms with Crippen molar-refractivity contribution < 1.29 is 9.63 Å². The van der Waals surface area contributed by atoms with Gasteiger partial charge in [0.05, 0.1) is 12.0 Å². The van der Waals surface area contributed by atoms with E-state index in [1.54, 1.807) is 12.4 Å². The third kappa shape index (κ3) is 3.98. The van der Waals surface area contributed by atoms with Crippen LogP contribution in [0.1, 0.15) is 24.3 Å². The summed E-state index contributed by atoms with van der Waals surface area (Å²) in [5.74, 6) is 0.974. The van der Waals surface area contributed by atoms with Gasteiger partial charge in [0.25, 0.3) is 0 Å². The molecule has 3 aromatic rings. The fourth-order valence-electron chi connectivity index (χ4n) is 3.55. The molecule has 0 amide bonds. The van der Waals surface area contributed by atoms with E-state index in [4.69, 9.17) is 4.52 Å². The van der Waals surface area contributed by atoms with E-state index < -0.39 is 5.60 Å². The predicted octanol–water partition coefficient (Wildman–Crippen LogP) is 2.70. The number of aromatic nitrogens is 3. The fourth-order valence-corrected chi connectivity index (χ4v) is 3.55. The summed E-state index contributed by atoms with van der Waals surface area (Å²) in [4.78, 5) is 10.8. The lowest BCUT2D eigenvalue weighted by atomic mass is 9.89. The van der Waals surface area contributed by atoms with Crippen molar-refractivity contribution in [2.75, 3.05) is 13.1 Å². The molecule has 6 nitrogen and oxygen atoms in total. The first-order chi connectivity index (χ1) is 12.7. The summed E-state index contributed by atoms with van der Waals surface area (Å²) in [5.41, 5.74) is 1.23. The second kappa shape index (κ2) is 7.35. The monoisotopic (exact) mass is 350 g/mol. The van der Waals surface area contributed by atoms with Gasteiger partial charge in [-0.3, -0.25) is 9.88 Å². The zero-order valence-corrected chi connectivity index (χ0v) is 14.6. The van der Waals surface area contributed by atoms with Crippen LogP contribution in [0.5, 0.6) is 0 Å². The van der Waals surface area contributed by atoms with Crippen molar-refractivity contribution in [3.8, 4) is 11.4 Å². The van der Waals surface area contributed by atoms with Crippen molar-refractivity contribution in [2.24, 2.45) is 0 Å². The van der Waals surface area contributed by atoms with Crippen LogP contribution in [0.25, 0.3) is 11.4 Å². The third-order valence-electron chi connectivity index (χ3n) is 4.75. The summed E-state index contributed by atoms with van der Waals surface area (Å²) in [6, 6.07) is 14.1. The van der Waals surface area contributed by atoms with Gasteiger partial charge in [-0.15, -0.1) is 0 Å². The highest BCUT2D eigenvalue weighted by molar-refractivity contribution is 5.51. The number of likely N-dealkylation sites (tertiary alicyclic amines) is 1. The lowest BCUT2D eigenvalue weighted by Gasteiger charge is -2.38. The third-order valence-corrected chi connectivity index (χ3v) is 4.75. The fraction of sp³-hybridized carbons (Fsp3) is 0.350. The number of piperidine rings is 1. The number of nitrogens with zero attached hydrogens (tertiary/aromatic N) is 4. The maximum absolute atomic E-state index is 11.1. The van der Waals surface area contributed by atoms with Crippen LogP contribution in [0.4, 0.5) is 0 Å². The van der Waals surface area contributed by atoms with E-state index in [1.165, 1.54) is 5.56 Å². The molecule has 0 saturated carbocycles. The lowest BCUT2D eigenvalue weighted by Crippen LogP contribution is -2.49. The summed E-state index contributed by atoms with van der Waals surface area (Å²) < 4.78 is 5.37. The second-order valence-electron chi connectivity index (χ2n) is 6.95. The molecule has 0 aliphatic carbocycles. The molecule has 3 heterocycles. The number of benzene rings is 1. The van der Waals surface area contributed by atoms with Gasteiger partial charge < -0.3 is 9.63 Å². The van der Waals surface area contributed by atoms with Crippen LogP contribution >= 0.6 is 0 Å². The average Bonchev–Trinajstić information content (AvgIpc) is 3.11. The average molecular weight is 350 g/mol. The SMILES string of the molecule is OC1(Cc2nc(-c3cccnc3)no2)CCCN(Cc2ccccc2)C1. The number of β-amino-alcohol motifs (C(OH)–C–C–N with tert-alkyl or cyclic N) is 1. The number of hydrogen-bond acceptors (Lipinski definition) is 6. The summed E-state index contributed by atoms with van der Waals surface area (Å²) in [7, 11) is 0. The Labute approximate surface area is 152 Å². The van der Waals surface area contributed by atoms with E-state index in [0.717, 1.165) is 31.5 Å². The van der Waals surface area contributed by atoms with E-state index in [0.29, 0.717) is 24.7 Å². The molecule has 1 aliphatic heterocycles. The lowest BCUT2D eigenvalue weighted by molar-refractivity contribution is -0.0373. The van der Waals surface area contributed by atoms with Crippen LogP contribution in [0.15, 0.2) is 59.4 Å². The molecular formula is C20H22N4O2. The van der Waals surface area contributed by atoms with Gasteiger partial charge in [0, 0.05) is 31.0 Å². The Balaban J connectivity index is 1.43. The van der Waals surface area contributed by atoms with Gasteiger partial charge in [0.2, 0.25) is 11.7 Å². The Bertz CT molecular complexity index is 837. The highest BCUT2D eigenvalue weighted by atomic mass is 16.5. The molecule has 1 saturated heterocycles. The predicted molar refractivity (Wildman–Crippen MR) is 97.1 cm³/mol. The first-order valence-corrected chi connectivity index (χ1v) is 8.92. The first-order valence-electron chi connectivity index (χ1n) is 8.92. The molecule has 1 unspecified atom stereocenters. The highest BCUT2D eigenvalue weighted by Gasteiger charge is 2.35. The second-order valence-corrected chi connectivity index (χ2v) is 6.95. The Morgan fingerprint density at radius 3 is 2.85 bits per heavy atom. The first kappa shape index (κ1) is 16.9. The van der Waals surface area contributed by atoms with E-state index in [1.807, 2.05) is 30.3 Å². The molecule has 2 aromatic heterocycles. The molecule has 6 heteroatoms. The minimum atomic E-state index is -0.841. The molecule has 0 spiro atoms. The quantitative estimate of drug-likeness (QED) is 0.762. The van der Waals surface area contributed by atoms with Gasteiger partial charge in [-0.05, 0) is 37.1 Å². The maximum atomic E-state index is 11.1. The minimum Gasteiger partial charge on any atom is -0.388 e. The molecule has 1 aliphatic rings. The van der Waals surface area contributed by atoms with Crippen LogP contribution in [0.2, 0.25) is 0 Å². The van der Waals surface area contributed by atoms with E-state index >= 15 is 0 Å². The van der Waals surface area contributed by atoms with Gasteiger partial charge in [0.1, 0.15) is 0 Å². The molecule has 0 bridgehead atoms. The van der Waals surface area contributed by atoms with Crippen molar-refractivity contribution >= 4 is 0 Å². The number of hydrogen-bond donors (Lipinski definition) is 1. The molecule has 26 heavy (non-hydrogen) atoms. The number of pyridine rings is 1. The van der Waals surface area contributed by atoms with E-state index in [2.05, 4.69) is 32.2 Å². The van der Waals surface area contributed by atoms with Crippen molar-refractivity contribution in [1.82, 2.24) is 20.0 Å². The largest absolute Gasteiger partial charge is 0.388 e. The Hall–Kier alpha value is -2.57. The van der Waals surface area contributed by atoms with Crippen molar-refractivity contribution in [2.45, 2.75) is 31.4 Å². The summed E-state index contributed by atoms with van der Waals surface area (Å²) in [5, 5.41) is 15.1. The molecule has 1 N–H and O–H groups in total. The molecule has 1 aromatic carbocycles. The highest BCUT2D eigenvalue weighted by Crippen LogP contribution is 2.26. The van der Waals surface area contributed by atoms with Gasteiger partial charge in [-0.25, -0.2) is 0 Å². The van der Waals surface area contributed by atoms with Gasteiger partial charge in [0.15, 0.2) is 0 Å². The van der Waals surface area contributed by atoms with Gasteiger partial charge in [-0.1, -0.05) is 35.5 Å². The van der Waals surface area contributed by atoms with Gasteiger partial charge in [-0.2, -0.15) is 4.98 Å². The van der Waals surface area contributed by atoms with Crippen molar-refractivity contribution in [3.63, 3.8) is 0 Å². The topological polar surface area (TPSA) is 75.3 Å². The number of aliphatic hydroxyl groups is 1. The van der Waals surface area contributed by atoms with Crippen molar-refractivity contribution in [1.29, 1.82) is 0 Å². The standard InChI is InChI=1S/C20H22N4O2/c25-20(9-5-11-24(15-20)14-16-6-2-1-3-7-16)12-18-22-19(23-26-18)17-8-4-10-21-13-17/h1-4,6-8,10,13,25H,5,9,11-12,14-15H2. The molecule has 134 valence electrons. The smallest absolute Gasteiger partial charge is 0.229 e. The molecule has 1 fully saturated rings. The van der Waals surface area contributed by atoms with Crippen LogP contribution in [-0.4, -0.2) is 43.8 Å². The van der Waals surface area contributed by atoms with Crippen LogP contribution in [0, 0.1) is 0 Å². The Kier molecular flexibility index (Phi) is 4.77. The Morgan fingerprint density at radius 1 is 1.15 bits per heavy atom. The van der Waals surface area contributed by atoms with Gasteiger partial charge >= 0.3 is 0 Å². The maximum Gasteiger partial charge on any atom is 0.229 e. The van der Waals surface area contributed by atoms with E-state index in [9.17, 15) is 5.11 Å². The van der Waals surface area contributed by atoms with Crippen LogP contribution < -0.4 is 0 Å². The summed E-state index contributed by atoms with van der Waals surface area (Å²) >= 11 is 0. The van der Waals surface area contributed by atoms with Crippen LogP contribution in [-0.2, 0) is 13.0 Å². The molecule has 1 atom stereocenters. The normalized spacial score (nSPS) is 21.0. The molecule has 0 radical (unpaired) electrons. The van der Waals surface area contributed by atoms with E-state index in [-0.39, 0.29) is 0 Å². The summed E-state index contributed by atoms with van der Waals surface area (Å²) in [6.07, 6.45) is 5.46. The molecule has 4 rings (SSSR count). The minimum absolute atomic E-state index is 0.367. The summed E-state index contributed by atoms with van der Waals surface area (Å²) in [6.45, 7) is 2.43.